The number of aliphatic hydroxyl groups excluding tert-OH is 1. The number of fused-ring (bicyclic) bond motifs is 1. The van der Waals surface area contributed by atoms with Gasteiger partial charge in [-0.1, -0.05) is 12.1 Å². The van der Waals surface area contributed by atoms with E-state index in [1.165, 1.54) is 24.3 Å². The number of hydrogen-bond donors (Lipinski definition) is 2. The fraction of sp³-hybridized carbons (Fsp3) is 0.133. The molecule has 0 fully saturated rings. The van der Waals surface area contributed by atoms with Crippen LogP contribution in [0.5, 0.6) is 0 Å². The molecule has 0 aliphatic rings. The van der Waals surface area contributed by atoms with Crippen molar-refractivity contribution >= 4 is 22.8 Å². The van der Waals surface area contributed by atoms with Crippen LogP contribution in [0.15, 0.2) is 52.9 Å². The Morgan fingerprint density at radius 3 is 2.64 bits per heavy atom. The first-order valence-electron chi connectivity index (χ1n) is 6.65. The minimum Gasteiger partial charge on any atom is -0.424 e. The van der Waals surface area contributed by atoms with Gasteiger partial charge in [-0.2, -0.15) is 4.98 Å². The predicted octanol–water partition coefficient (Wildman–Crippen LogP) is 2.88. The standard InChI is InChI=1S/C15H13N3O4/c19-13(10-5-7-11(8-6-10)18(20)21)9-16-15-17-12-3-1-2-4-14(12)22-15/h1-8,13,19H,9H2,(H,16,17)/t13-/m0/s1. The summed E-state index contributed by atoms with van der Waals surface area (Å²) >= 11 is 0. The van der Waals surface area contributed by atoms with Crippen molar-refractivity contribution in [3.63, 3.8) is 0 Å². The second-order valence-corrected chi connectivity index (χ2v) is 4.73. The second-order valence-electron chi connectivity index (χ2n) is 4.73. The van der Waals surface area contributed by atoms with Crippen LogP contribution < -0.4 is 5.32 Å². The Morgan fingerprint density at radius 2 is 1.95 bits per heavy atom. The van der Waals surface area contributed by atoms with Gasteiger partial charge in [-0.15, -0.1) is 0 Å². The van der Waals surface area contributed by atoms with E-state index in [1.807, 2.05) is 18.2 Å². The SMILES string of the molecule is O=[N+]([O-])c1ccc([C@@H](O)CNc2nc3ccccc3o2)cc1. The molecule has 7 nitrogen and oxygen atoms in total. The number of non-ortho nitro benzene ring substituents is 1. The van der Waals surface area contributed by atoms with E-state index in [9.17, 15) is 15.2 Å². The van der Waals surface area contributed by atoms with Crippen LogP contribution in [0, 0.1) is 10.1 Å². The first kappa shape index (κ1) is 14.0. The van der Waals surface area contributed by atoms with Gasteiger partial charge in [-0.25, -0.2) is 0 Å². The first-order valence-corrected chi connectivity index (χ1v) is 6.65. The quantitative estimate of drug-likeness (QED) is 0.555. The number of aliphatic hydroxyl groups is 1. The number of nitrogens with one attached hydrogen (secondary N) is 1. The van der Waals surface area contributed by atoms with E-state index >= 15 is 0 Å². The molecule has 7 heteroatoms. The van der Waals surface area contributed by atoms with Crippen molar-refractivity contribution in [1.29, 1.82) is 0 Å². The molecule has 0 aliphatic heterocycles. The molecule has 0 saturated heterocycles. The van der Waals surface area contributed by atoms with Gasteiger partial charge in [0, 0.05) is 18.7 Å². The monoisotopic (exact) mass is 299 g/mol. The molecule has 3 aromatic rings. The van der Waals surface area contributed by atoms with E-state index in [-0.39, 0.29) is 12.2 Å². The highest BCUT2D eigenvalue weighted by Crippen LogP contribution is 2.21. The fourth-order valence-electron chi connectivity index (χ4n) is 2.07. The molecule has 0 saturated carbocycles. The van der Waals surface area contributed by atoms with Crippen molar-refractivity contribution in [2.75, 3.05) is 11.9 Å². The Morgan fingerprint density at radius 1 is 1.23 bits per heavy atom. The van der Waals surface area contributed by atoms with Crippen molar-refractivity contribution in [3.05, 3.63) is 64.2 Å². The van der Waals surface area contributed by atoms with Gasteiger partial charge in [-0.05, 0) is 29.8 Å². The first-order chi connectivity index (χ1) is 10.6. The smallest absolute Gasteiger partial charge is 0.295 e. The highest BCUT2D eigenvalue weighted by atomic mass is 16.6. The second kappa shape index (κ2) is 5.82. The Balaban J connectivity index is 1.66. The third-order valence-corrected chi connectivity index (χ3v) is 3.23. The van der Waals surface area contributed by atoms with Crippen LogP contribution in [0.4, 0.5) is 11.7 Å². The lowest BCUT2D eigenvalue weighted by Gasteiger charge is -2.10. The number of benzene rings is 2. The molecule has 0 spiro atoms. The zero-order valence-corrected chi connectivity index (χ0v) is 11.5. The summed E-state index contributed by atoms with van der Waals surface area (Å²) in [4.78, 5) is 14.3. The van der Waals surface area contributed by atoms with Crippen LogP contribution in [0.2, 0.25) is 0 Å². The summed E-state index contributed by atoms with van der Waals surface area (Å²) in [7, 11) is 0. The van der Waals surface area contributed by atoms with Gasteiger partial charge in [0.25, 0.3) is 11.7 Å². The van der Waals surface area contributed by atoms with Crippen LogP contribution >= 0.6 is 0 Å². The Kier molecular flexibility index (Phi) is 3.71. The maximum Gasteiger partial charge on any atom is 0.295 e. The highest BCUT2D eigenvalue weighted by Gasteiger charge is 2.12. The summed E-state index contributed by atoms with van der Waals surface area (Å²) in [6.45, 7) is 0.185. The molecule has 2 aromatic carbocycles. The zero-order chi connectivity index (χ0) is 15.5. The molecule has 3 rings (SSSR count). The van der Waals surface area contributed by atoms with Crippen molar-refractivity contribution in [3.8, 4) is 0 Å². The van der Waals surface area contributed by atoms with Crippen LogP contribution in [0.3, 0.4) is 0 Å². The molecule has 22 heavy (non-hydrogen) atoms. The van der Waals surface area contributed by atoms with E-state index in [0.29, 0.717) is 17.2 Å². The van der Waals surface area contributed by atoms with Crippen LogP contribution in [0.25, 0.3) is 11.1 Å². The average Bonchev–Trinajstić information content (AvgIpc) is 2.95. The molecule has 1 aromatic heterocycles. The number of oxazole rings is 1. The third-order valence-electron chi connectivity index (χ3n) is 3.23. The Hall–Kier alpha value is -2.93. The highest BCUT2D eigenvalue weighted by molar-refractivity contribution is 5.74. The van der Waals surface area contributed by atoms with Gasteiger partial charge < -0.3 is 14.8 Å². The normalized spacial score (nSPS) is 12.2. The summed E-state index contributed by atoms with van der Waals surface area (Å²) in [5.74, 6) is 0. The zero-order valence-electron chi connectivity index (χ0n) is 11.5. The molecule has 2 N–H and O–H groups in total. The predicted molar refractivity (Wildman–Crippen MR) is 80.6 cm³/mol. The number of rotatable bonds is 5. The Labute approximate surface area is 125 Å². The van der Waals surface area contributed by atoms with E-state index in [4.69, 9.17) is 4.42 Å². The van der Waals surface area contributed by atoms with Crippen molar-refractivity contribution in [2.24, 2.45) is 0 Å². The van der Waals surface area contributed by atoms with E-state index < -0.39 is 11.0 Å². The summed E-state index contributed by atoms with van der Waals surface area (Å²) in [6.07, 6.45) is -0.823. The minimum absolute atomic E-state index is 0.0112. The van der Waals surface area contributed by atoms with Gasteiger partial charge in [0.15, 0.2) is 5.58 Å². The van der Waals surface area contributed by atoms with Gasteiger partial charge in [0.05, 0.1) is 11.0 Å². The molecular formula is C15H13N3O4. The average molecular weight is 299 g/mol. The summed E-state index contributed by atoms with van der Waals surface area (Å²) in [5.41, 5.74) is 1.96. The largest absolute Gasteiger partial charge is 0.424 e. The lowest BCUT2D eigenvalue weighted by molar-refractivity contribution is -0.384. The summed E-state index contributed by atoms with van der Waals surface area (Å²) < 4.78 is 5.48. The number of para-hydroxylation sites is 2. The van der Waals surface area contributed by atoms with Crippen molar-refractivity contribution in [1.82, 2.24) is 4.98 Å². The third kappa shape index (κ3) is 2.89. The molecule has 0 radical (unpaired) electrons. The number of nitro groups is 1. The maximum atomic E-state index is 10.6. The Bertz CT molecular complexity index is 765. The van der Waals surface area contributed by atoms with Gasteiger partial charge in [0.2, 0.25) is 0 Å². The molecule has 1 atom stereocenters. The number of anilines is 1. The molecule has 112 valence electrons. The van der Waals surface area contributed by atoms with Gasteiger partial charge in [-0.3, -0.25) is 10.1 Å². The number of hydrogen-bond acceptors (Lipinski definition) is 6. The van der Waals surface area contributed by atoms with Crippen LogP contribution in [0.1, 0.15) is 11.7 Å². The van der Waals surface area contributed by atoms with Crippen LogP contribution in [-0.2, 0) is 0 Å². The lowest BCUT2D eigenvalue weighted by Crippen LogP contribution is -2.12. The van der Waals surface area contributed by atoms with Gasteiger partial charge >= 0.3 is 0 Å². The van der Waals surface area contributed by atoms with Crippen molar-refractivity contribution in [2.45, 2.75) is 6.10 Å². The topological polar surface area (TPSA) is 101 Å². The molecule has 0 aliphatic carbocycles. The molecule has 0 bridgehead atoms. The lowest BCUT2D eigenvalue weighted by atomic mass is 10.1. The van der Waals surface area contributed by atoms with E-state index in [0.717, 1.165) is 5.52 Å². The maximum absolute atomic E-state index is 10.6. The van der Waals surface area contributed by atoms with Crippen LogP contribution in [-0.4, -0.2) is 21.6 Å². The molecule has 1 heterocycles. The summed E-state index contributed by atoms with van der Waals surface area (Å²) in [6, 6.07) is 13.4. The van der Waals surface area contributed by atoms with Crippen molar-refractivity contribution < 1.29 is 14.4 Å². The van der Waals surface area contributed by atoms with E-state index in [2.05, 4.69) is 10.3 Å². The molecule has 0 amide bonds. The molecule has 0 unspecified atom stereocenters. The summed E-state index contributed by atoms with van der Waals surface area (Å²) in [5, 5.41) is 23.6. The minimum atomic E-state index is -0.823. The molecular weight excluding hydrogens is 286 g/mol. The number of nitro benzene ring substituents is 1. The number of aromatic nitrogens is 1. The van der Waals surface area contributed by atoms with Gasteiger partial charge in [0.1, 0.15) is 5.52 Å². The number of nitrogens with zero attached hydrogens (tertiary/aromatic N) is 2. The fourth-order valence-corrected chi connectivity index (χ4v) is 2.07. The van der Waals surface area contributed by atoms with E-state index in [1.54, 1.807) is 6.07 Å².